The van der Waals surface area contributed by atoms with Crippen LogP contribution in [0.1, 0.15) is 36.2 Å². The molecule has 0 spiro atoms. The van der Waals surface area contributed by atoms with Crippen molar-refractivity contribution < 1.29 is 4.74 Å². The lowest BCUT2D eigenvalue weighted by Gasteiger charge is -2.14. The van der Waals surface area contributed by atoms with E-state index < -0.39 is 0 Å². The summed E-state index contributed by atoms with van der Waals surface area (Å²) in [6.07, 6.45) is 0.955. The number of aromatic nitrogens is 1. The van der Waals surface area contributed by atoms with Crippen LogP contribution in [0.4, 0.5) is 0 Å². The van der Waals surface area contributed by atoms with Crippen molar-refractivity contribution in [1.82, 2.24) is 4.98 Å². The molecular weight excluding hydrogens is 230 g/mol. The number of ether oxygens (including phenoxy) is 1. The first-order valence-corrected chi connectivity index (χ1v) is 6.84. The molecule has 1 atom stereocenters. The van der Waals surface area contributed by atoms with Crippen LogP contribution in [-0.2, 0) is 11.2 Å². The van der Waals surface area contributed by atoms with Gasteiger partial charge in [0, 0.05) is 12.0 Å². The van der Waals surface area contributed by atoms with Crippen LogP contribution in [-0.4, -0.2) is 11.6 Å². The van der Waals surface area contributed by atoms with Crippen molar-refractivity contribution in [2.24, 2.45) is 0 Å². The van der Waals surface area contributed by atoms with Crippen molar-refractivity contribution >= 4 is 11.3 Å². The molecular formula is C14H17NOS. The predicted molar refractivity (Wildman–Crippen MR) is 71.4 cm³/mol. The van der Waals surface area contributed by atoms with Crippen molar-refractivity contribution in [1.29, 1.82) is 0 Å². The van der Waals surface area contributed by atoms with Gasteiger partial charge in [-0.05, 0) is 18.9 Å². The van der Waals surface area contributed by atoms with Gasteiger partial charge in [-0.1, -0.05) is 37.3 Å². The van der Waals surface area contributed by atoms with Crippen LogP contribution in [0.2, 0.25) is 0 Å². The minimum Gasteiger partial charge on any atom is -0.367 e. The molecule has 1 aromatic carbocycles. The van der Waals surface area contributed by atoms with E-state index in [0.29, 0.717) is 6.61 Å². The van der Waals surface area contributed by atoms with E-state index in [1.165, 1.54) is 5.56 Å². The van der Waals surface area contributed by atoms with Gasteiger partial charge in [-0.25, -0.2) is 4.98 Å². The zero-order chi connectivity index (χ0) is 12.1. The molecule has 0 saturated heterocycles. The maximum absolute atomic E-state index is 5.82. The Labute approximate surface area is 106 Å². The van der Waals surface area contributed by atoms with E-state index in [-0.39, 0.29) is 6.10 Å². The Morgan fingerprint density at radius 1 is 1.24 bits per heavy atom. The van der Waals surface area contributed by atoms with Crippen molar-refractivity contribution in [3.05, 3.63) is 52.0 Å². The lowest BCUT2D eigenvalue weighted by atomic mass is 10.1. The Balaban J connectivity index is 2.28. The summed E-state index contributed by atoms with van der Waals surface area (Å²) in [6.45, 7) is 4.84. The third-order valence-corrected chi connectivity index (χ3v) is 3.53. The summed E-state index contributed by atoms with van der Waals surface area (Å²) >= 11 is 1.68. The first-order valence-electron chi connectivity index (χ1n) is 5.96. The summed E-state index contributed by atoms with van der Waals surface area (Å²) in [7, 11) is 0. The molecule has 1 heterocycles. The number of benzene rings is 1. The van der Waals surface area contributed by atoms with Gasteiger partial charge in [0.2, 0.25) is 0 Å². The second-order valence-corrected chi connectivity index (χ2v) is 4.67. The van der Waals surface area contributed by atoms with E-state index in [4.69, 9.17) is 4.74 Å². The lowest BCUT2D eigenvalue weighted by molar-refractivity contribution is 0.0910. The van der Waals surface area contributed by atoms with Gasteiger partial charge in [-0.2, -0.15) is 0 Å². The van der Waals surface area contributed by atoms with E-state index in [0.717, 1.165) is 17.1 Å². The minimum atomic E-state index is -0.0218. The van der Waals surface area contributed by atoms with Gasteiger partial charge >= 0.3 is 0 Å². The van der Waals surface area contributed by atoms with Crippen LogP contribution in [0.25, 0.3) is 0 Å². The van der Waals surface area contributed by atoms with Crippen LogP contribution in [0.5, 0.6) is 0 Å². The Bertz CT molecular complexity index is 452. The van der Waals surface area contributed by atoms with E-state index in [1.54, 1.807) is 11.3 Å². The predicted octanol–water partition coefficient (Wildman–Crippen LogP) is 3.83. The standard InChI is InChI=1S/C14H17NOS/c1-3-12-10-17-14(15-12)13(16-4-2)11-8-6-5-7-9-11/h5-10,13H,3-4H2,1-2H3. The number of hydrogen-bond acceptors (Lipinski definition) is 3. The van der Waals surface area contributed by atoms with Crippen LogP contribution < -0.4 is 0 Å². The highest BCUT2D eigenvalue weighted by atomic mass is 32.1. The fraction of sp³-hybridized carbons (Fsp3) is 0.357. The zero-order valence-corrected chi connectivity index (χ0v) is 11.0. The van der Waals surface area contributed by atoms with Gasteiger partial charge in [-0.3, -0.25) is 0 Å². The summed E-state index contributed by atoms with van der Waals surface area (Å²) in [4.78, 5) is 4.62. The summed E-state index contributed by atoms with van der Waals surface area (Å²) in [5, 5.41) is 3.17. The number of aryl methyl sites for hydroxylation is 1. The first-order chi connectivity index (χ1) is 8.35. The molecule has 0 aliphatic rings. The van der Waals surface area contributed by atoms with Gasteiger partial charge < -0.3 is 4.74 Å². The maximum atomic E-state index is 5.82. The van der Waals surface area contributed by atoms with E-state index >= 15 is 0 Å². The third-order valence-electron chi connectivity index (χ3n) is 2.59. The topological polar surface area (TPSA) is 22.1 Å². The molecule has 0 radical (unpaired) electrons. The van der Waals surface area contributed by atoms with Crippen molar-refractivity contribution in [3.63, 3.8) is 0 Å². The fourth-order valence-corrected chi connectivity index (χ4v) is 2.68. The Hall–Kier alpha value is -1.19. The molecule has 0 bridgehead atoms. The molecule has 0 aliphatic carbocycles. The largest absolute Gasteiger partial charge is 0.367 e. The normalized spacial score (nSPS) is 12.6. The summed E-state index contributed by atoms with van der Waals surface area (Å²) in [5.41, 5.74) is 2.32. The third kappa shape index (κ3) is 2.93. The molecule has 2 rings (SSSR count). The molecule has 0 N–H and O–H groups in total. The SMILES string of the molecule is CCOC(c1ccccc1)c1nc(CC)cs1. The highest BCUT2D eigenvalue weighted by molar-refractivity contribution is 7.09. The van der Waals surface area contributed by atoms with Crippen LogP contribution in [0.15, 0.2) is 35.7 Å². The maximum Gasteiger partial charge on any atom is 0.134 e. The Kier molecular flexibility index (Phi) is 4.29. The zero-order valence-electron chi connectivity index (χ0n) is 10.2. The van der Waals surface area contributed by atoms with Crippen LogP contribution in [0, 0.1) is 0 Å². The van der Waals surface area contributed by atoms with E-state index in [1.807, 2.05) is 25.1 Å². The molecule has 1 aromatic heterocycles. The average molecular weight is 247 g/mol. The number of rotatable bonds is 5. The molecule has 0 amide bonds. The molecule has 17 heavy (non-hydrogen) atoms. The monoisotopic (exact) mass is 247 g/mol. The van der Waals surface area contributed by atoms with Crippen LogP contribution in [0.3, 0.4) is 0 Å². The Morgan fingerprint density at radius 3 is 2.59 bits per heavy atom. The van der Waals surface area contributed by atoms with Gasteiger partial charge in [-0.15, -0.1) is 11.3 Å². The summed E-state index contributed by atoms with van der Waals surface area (Å²) in [6, 6.07) is 10.3. The van der Waals surface area contributed by atoms with Gasteiger partial charge in [0.25, 0.3) is 0 Å². The first kappa shape index (κ1) is 12.3. The summed E-state index contributed by atoms with van der Waals surface area (Å²) in [5.74, 6) is 0. The average Bonchev–Trinajstić information content (AvgIpc) is 2.85. The molecule has 2 aromatic rings. The number of thiazole rings is 1. The van der Waals surface area contributed by atoms with Crippen molar-refractivity contribution in [2.75, 3.05) is 6.61 Å². The second-order valence-electron chi connectivity index (χ2n) is 3.78. The quantitative estimate of drug-likeness (QED) is 0.801. The molecule has 0 fully saturated rings. The number of hydrogen-bond donors (Lipinski definition) is 0. The van der Waals surface area contributed by atoms with Gasteiger partial charge in [0.05, 0.1) is 5.69 Å². The molecule has 90 valence electrons. The highest BCUT2D eigenvalue weighted by Crippen LogP contribution is 2.28. The second kappa shape index (κ2) is 5.94. The van der Waals surface area contributed by atoms with Gasteiger partial charge in [0.15, 0.2) is 0 Å². The van der Waals surface area contributed by atoms with Gasteiger partial charge in [0.1, 0.15) is 11.1 Å². The van der Waals surface area contributed by atoms with Crippen molar-refractivity contribution in [2.45, 2.75) is 26.4 Å². The fourth-order valence-electron chi connectivity index (χ4n) is 1.71. The number of nitrogens with zero attached hydrogens (tertiary/aromatic N) is 1. The van der Waals surface area contributed by atoms with E-state index in [9.17, 15) is 0 Å². The molecule has 3 heteroatoms. The summed E-state index contributed by atoms with van der Waals surface area (Å²) < 4.78 is 5.82. The highest BCUT2D eigenvalue weighted by Gasteiger charge is 2.17. The van der Waals surface area contributed by atoms with Crippen LogP contribution >= 0.6 is 11.3 Å². The van der Waals surface area contributed by atoms with E-state index in [2.05, 4.69) is 29.4 Å². The minimum absolute atomic E-state index is 0.0218. The van der Waals surface area contributed by atoms with Crippen molar-refractivity contribution in [3.8, 4) is 0 Å². The smallest absolute Gasteiger partial charge is 0.134 e. The molecule has 0 aliphatic heterocycles. The molecule has 0 saturated carbocycles. The lowest BCUT2D eigenvalue weighted by Crippen LogP contribution is -2.05. The Morgan fingerprint density at radius 2 is 2.00 bits per heavy atom. The molecule has 1 unspecified atom stereocenters. The molecule has 2 nitrogen and oxygen atoms in total.